The molecule has 0 fully saturated rings. The Morgan fingerprint density at radius 1 is 0.528 bits per heavy atom. The molecule has 0 heterocycles. The van der Waals surface area contributed by atoms with E-state index in [-0.39, 0.29) is 11.8 Å². The molecule has 0 aliphatic heterocycles. The zero-order chi connectivity index (χ0) is 25.3. The predicted molar refractivity (Wildman–Crippen MR) is 145 cm³/mol. The van der Waals surface area contributed by atoms with Crippen LogP contribution in [-0.2, 0) is 22.4 Å². The summed E-state index contributed by atoms with van der Waals surface area (Å²) in [6.07, 6.45) is 0.863. The SMILES string of the molecule is N[C@@H](Cc1ccccc1)C(=O)Nc1ccccc1-c1ccccc1NC(=O)[C@@H](N)Cc1ccccc1. The molecular formula is C30H30N4O2. The van der Waals surface area contributed by atoms with Crippen LogP contribution in [0.5, 0.6) is 0 Å². The molecule has 0 aliphatic carbocycles. The zero-order valence-corrected chi connectivity index (χ0v) is 19.9. The second-order valence-electron chi connectivity index (χ2n) is 8.66. The third-order valence-corrected chi connectivity index (χ3v) is 5.93. The highest BCUT2D eigenvalue weighted by molar-refractivity contribution is 6.02. The highest BCUT2D eigenvalue weighted by Gasteiger charge is 2.19. The fourth-order valence-corrected chi connectivity index (χ4v) is 4.03. The van der Waals surface area contributed by atoms with E-state index in [1.807, 2.05) is 109 Å². The molecule has 4 aromatic rings. The molecule has 0 bridgehead atoms. The van der Waals surface area contributed by atoms with Gasteiger partial charge in [0.1, 0.15) is 0 Å². The van der Waals surface area contributed by atoms with Gasteiger partial charge in [0.2, 0.25) is 11.8 Å². The molecule has 0 spiro atoms. The molecule has 0 radical (unpaired) electrons. The van der Waals surface area contributed by atoms with Gasteiger partial charge in [-0.3, -0.25) is 9.59 Å². The van der Waals surface area contributed by atoms with E-state index in [4.69, 9.17) is 11.5 Å². The Balaban J connectivity index is 1.50. The van der Waals surface area contributed by atoms with Gasteiger partial charge in [-0.25, -0.2) is 0 Å². The Kier molecular flexibility index (Phi) is 8.24. The van der Waals surface area contributed by atoms with Gasteiger partial charge >= 0.3 is 0 Å². The number of nitrogens with two attached hydrogens (primary N) is 2. The van der Waals surface area contributed by atoms with Crippen LogP contribution in [0, 0.1) is 0 Å². The first kappa shape index (κ1) is 24.9. The number of hydrogen-bond donors (Lipinski definition) is 4. The summed E-state index contributed by atoms with van der Waals surface area (Å²) in [6.45, 7) is 0. The third-order valence-electron chi connectivity index (χ3n) is 5.93. The lowest BCUT2D eigenvalue weighted by Gasteiger charge is -2.18. The number of benzene rings is 4. The molecule has 0 aromatic heterocycles. The first-order valence-corrected chi connectivity index (χ1v) is 11.9. The molecule has 4 aromatic carbocycles. The van der Waals surface area contributed by atoms with Crippen molar-refractivity contribution in [3.8, 4) is 11.1 Å². The molecule has 0 saturated carbocycles. The van der Waals surface area contributed by atoms with Crippen LogP contribution in [0.1, 0.15) is 11.1 Å². The Bertz CT molecular complexity index is 1210. The van der Waals surface area contributed by atoms with Crippen LogP contribution >= 0.6 is 0 Å². The topological polar surface area (TPSA) is 110 Å². The van der Waals surface area contributed by atoms with Crippen LogP contribution in [0.15, 0.2) is 109 Å². The smallest absolute Gasteiger partial charge is 0.241 e. The van der Waals surface area contributed by atoms with Gasteiger partial charge < -0.3 is 22.1 Å². The van der Waals surface area contributed by atoms with E-state index in [1.165, 1.54) is 0 Å². The van der Waals surface area contributed by atoms with Gasteiger partial charge in [0, 0.05) is 22.5 Å². The van der Waals surface area contributed by atoms with Crippen molar-refractivity contribution in [2.45, 2.75) is 24.9 Å². The van der Waals surface area contributed by atoms with Gasteiger partial charge in [0.05, 0.1) is 12.1 Å². The maximum Gasteiger partial charge on any atom is 0.241 e. The Hall–Kier alpha value is -4.26. The van der Waals surface area contributed by atoms with Crippen molar-refractivity contribution in [3.63, 3.8) is 0 Å². The van der Waals surface area contributed by atoms with Gasteiger partial charge in [-0.2, -0.15) is 0 Å². The summed E-state index contributed by atoms with van der Waals surface area (Å²) in [6, 6.07) is 32.8. The first-order valence-electron chi connectivity index (χ1n) is 11.9. The molecule has 2 atom stereocenters. The lowest BCUT2D eigenvalue weighted by Crippen LogP contribution is -2.37. The standard InChI is InChI=1S/C30H30N4O2/c31-25(19-21-11-3-1-4-12-21)29(35)33-27-17-9-7-15-23(27)24-16-8-10-18-28(24)34-30(36)26(32)20-22-13-5-2-6-14-22/h1-18,25-26H,19-20,31-32H2,(H,33,35)(H,34,36)/t25-,26-/m0/s1. The van der Waals surface area contributed by atoms with Crippen molar-refractivity contribution >= 4 is 23.2 Å². The maximum atomic E-state index is 12.9. The minimum atomic E-state index is -0.702. The summed E-state index contributed by atoms with van der Waals surface area (Å²) in [5.41, 5.74) is 17.1. The highest BCUT2D eigenvalue weighted by atomic mass is 16.2. The number of carbonyl (C=O) groups is 2. The van der Waals surface area contributed by atoms with Crippen LogP contribution in [0.25, 0.3) is 11.1 Å². The van der Waals surface area contributed by atoms with Crippen LogP contribution in [0.2, 0.25) is 0 Å². The maximum absolute atomic E-state index is 12.9. The van der Waals surface area contributed by atoms with E-state index in [1.54, 1.807) is 0 Å². The second-order valence-corrected chi connectivity index (χ2v) is 8.66. The molecule has 0 saturated heterocycles. The van der Waals surface area contributed by atoms with Gasteiger partial charge in [0.25, 0.3) is 0 Å². The van der Waals surface area contributed by atoms with Crippen molar-refractivity contribution in [2.75, 3.05) is 10.6 Å². The average molecular weight is 479 g/mol. The van der Waals surface area contributed by atoms with Crippen LogP contribution in [0.4, 0.5) is 11.4 Å². The molecule has 0 aliphatic rings. The molecule has 4 rings (SSSR count). The van der Waals surface area contributed by atoms with E-state index in [0.29, 0.717) is 24.2 Å². The van der Waals surface area contributed by atoms with E-state index in [0.717, 1.165) is 22.3 Å². The highest BCUT2D eigenvalue weighted by Crippen LogP contribution is 2.33. The monoisotopic (exact) mass is 478 g/mol. The van der Waals surface area contributed by atoms with Crippen LogP contribution in [-0.4, -0.2) is 23.9 Å². The fourth-order valence-electron chi connectivity index (χ4n) is 4.03. The van der Waals surface area contributed by atoms with E-state index >= 15 is 0 Å². The minimum absolute atomic E-state index is 0.280. The summed E-state index contributed by atoms with van der Waals surface area (Å²) < 4.78 is 0. The number of carbonyl (C=O) groups excluding carboxylic acids is 2. The molecule has 0 unspecified atom stereocenters. The first-order chi connectivity index (χ1) is 17.5. The van der Waals surface area contributed by atoms with Crippen molar-refractivity contribution in [1.29, 1.82) is 0 Å². The summed E-state index contributed by atoms with van der Waals surface area (Å²) >= 11 is 0. The fraction of sp³-hybridized carbons (Fsp3) is 0.133. The average Bonchev–Trinajstić information content (AvgIpc) is 2.90. The second kappa shape index (κ2) is 11.9. The Morgan fingerprint density at radius 3 is 1.25 bits per heavy atom. The van der Waals surface area contributed by atoms with Crippen molar-refractivity contribution in [3.05, 3.63) is 120 Å². The van der Waals surface area contributed by atoms with Crippen molar-refractivity contribution < 1.29 is 9.59 Å². The van der Waals surface area contributed by atoms with Gasteiger partial charge in [0.15, 0.2) is 0 Å². The number of amides is 2. The number of nitrogens with one attached hydrogen (secondary N) is 2. The van der Waals surface area contributed by atoms with E-state index in [9.17, 15) is 9.59 Å². The normalized spacial score (nSPS) is 12.4. The summed E-state index contributed by atoms with van der Waals surface area (Å²) in [4.78, 5) is 25.8. The van der Waals surface area contributed by atoms with Crippen LogP contribution < -0.4 is 22.1 Å². The lowest BCUT2D eigenvalue weighted by molar-refractivity contribution is -0.118. The molecule has 182 valence electrons. The van der Waals surface area contributed by atoms with Gasteiger partial charge in [-0.05, 0) is 36.1 Å². The molecule has 2 amide bonds. The number of para-hydroxylation sites is 2. The molecule has 6 heteroatoms. The quantitative estimate of drug-likeness (QED) is 0.286. The molecule has 36 heavy (non-hydrogen) atoms. The van der Waals surface area contributed by atoms with E-state index in [2.05, 4.69) is 10.6 Å². The van der Waals surface area contributed by atoms with E-state index < -0.39 is 12.1 Å². The third kappa shape index (κ3) is 6.44. The molecule has 6 nitrogen and oxygen atoms in total. The lowest BCUT2D eigenvalue weighted by atomic mass is 10.00. The minimum Gasteiger partial charge on any atom is -0.324 e. The Labute approximate surface area is 211 Å². The summed E-state index contributed by atoms with van der Waals surface area (Å²) in [5, 5.41) is 5.93. The largest absolute Gasteiger partial charge is 0.324 e. The van der Waals surface area contributed by atoms with Gasteiger partial charge in [-0.1, -0.05) is 97.1 Å². The summed E-state index contributed by atoms with van der Waals surface area (Å²) in [5.74, 6) is -0.560. The van der Waals surface area contributed by atoms with Crippen molar-refractivity contribution in [1.82, 2.24) is 0 Å². The molecule has 6 N–H and O–H groups in total. The van der Waals surface area contributed by atoms with Crippen LogP contribution in [0.3, 0.4) is 0 Å². The number of rotatable bonds is 9. The zero-order valence-electron chi connectivity index (χ0n) is 19.9. The molecular weight excluding hydrogens is 448 g/mol. The van der Waals surface area contributed by atoms with Crippen molar-refractivity contribution in [2.24, 2.45) is 11.5 Å². The summed E-state index contributed by atoms with van der Waals surface area (Å²) in [7, 11) is 0. The van der Waals surface area contributed by atoms with Gasteiger partial charge in [-0.15, -0.1) is 0 Å². The predicted octanol–water partition coefficient (Wildman–Crippen LogP) is 4.37. The Morgan fingerprint density at radius 2 is 0.861 bits per heavy atom. The number of anilines is 2. The number of hydrogen-bond acceptors (Lipinski definition) is 4.